The average molecular weight is 161 g/mol. The lowest BCUT2D eigenvalue weighted by Gasteiger charge is -2.04. The van der Waals surface area contributed by atoms with E-state index in [0.29, 0.717) is 0 Å². The number of nitrogens with two attached hydrogens (primary N) is 1. The Morgan fingerprint density at radius 2 is 2.00 bits per heavy atom. The Balaban J connectivity index is 3.46. The van der Waals surface area contributed by atoms with Gasteiger partial charge in [0, 0.05) is 0 Å². The van der Waals surface area contributed by atoms with Crippen molar-refractivity contribution in [3.8, 4) is 0 Å². The molecule has 0 heterocycles. The topological polar surface area (TPSA) is 78.6 Å². The van der Waals surface area contributed by atoms with Gasteiger partial charge >= 0.3 is 12.2 Å². The highest BCUT2D eigenvalue weighted by molar-refractivity contribution is 5.79. The summed E-state index contributed by atoms with van der Waals surface area (Å²) in [5.74, 6) is 0.204. The Kier molecular flexibility index (Phi) is 4.02. The third kappa shape index (κ3) is 6.63. The summed E-state index contributed by atoms with van der Waals surface area (Å²) in [4.78, 5) is 20.4. The second-order valence-electron chi connectivity index (χ2n) is 2.38. The zero-order chi connectivity index (χ0) is 8.85. The second kappa shape index (κ2) is 4.54. The normalized spacial score (nSPS) is 9.36. The first-order valence-corrected chi connectivity index (χ1v) is 3.16. The fourth-order valence-corrected chi connectivity index (χ4v) is 0.346. The van der Waals surface area contributed by atoms with Crippen LogP contribution >= 0.6 is 0 Å². The molecule has 5 nitrogen and oxygen atoms in total. The fourth-order valence-electron chi connectivity index (χ4n) is 0.346. The molecular weight excluding hydrogens is 150 g/mol. The highest BCUT2D eigenvalue weighted by Crippen LogP contribution is 1.94. The molecule has 0 saturated heterocycles. The number of hydrogen-bond acceptors (Lipinski definition) is 4. The predicted molar refractivity (Wildman–Crippen MR) is 36.9 cm³/mol. The summed E-state index contributed by atoms with van der Waals surface area (Å²) in [5, 5.41) is 0. The maximum Gasteiger partial charge on any atom is 0.517 e. The molecule has 0 radical (unpaired) electrons. The number of ether oxygens (including phenoxy) is 2. The fraction of sp³-hybridized carbons (Fsp3) is 0.667. The van der Waals surface area contributed by atoms with E-state index < -0.39 is 12.2 Å². The van der Waals surface area contributed by atoms with Crippen molar-refractivity contribution in [2.45, 2.75) is 13.8 Å². The van der Waals surface area contributed by atoms with Crippen molar-refractivity contribution in [3.05, 3.63) is 0 Å². The largest absolute Gasteiger partial charge is 0.517 e. The molecule has 0 atom stereocenters. The van der Waals surface area contributed by atoms with Gasteiger partial charge in [0.2, 0.25) is 0 Å². The van der Waals surface area contributed by atoms with Crippen LogP contribution in [0, 0.1) is 5.92 Å². The highest BCUT2D eigenvalue weighted by atomic mass is 16.7. The molecule has 0 aromatic rings. The lowest BCUT2D eigenvalue weighted by molar-refractivity contribution is 0.0697. The zero-order valence-corrected chi connectivity index (χ0v) is 6.49. The van der Waals surface area contributed by atoms with Crippen molar-refractivity contribution in [2.75, 3.05) is 6.61 Å². The molecule has 2 N–H and O–H groups in total. The van der Waals surface area contributed by atoms with Crippen molar-refractivity contribution < 1.29 is 19.1 Å². The standard InChI is InChI=1S/C6H11NO4/c1-4(2)3-10-6(9)11-5(7)8/h4H,3H2,1-2H3,(H2,7,8). The van der Waals surface area contributed by atoms with Crippen LogP contribution in [0.25, 0.3) is 0 Å². The highest BCUT2D eigenvalue weighted by Gasteiger charge is 2.07. The minimum absolute atomic E-state index is 0.204. The zero-order valence-electron chi connectivity index (χ0n) is 6.49. The maximum atomic E-state index is 10.4. The van der Waals surface area contributed by atoms with E-state index in [0.717, 1.165) is 0 Å². The van der Waals surface area contributed by atoms with Gasteiger partial charge in [0.1, 0.15) is 0 Å². The number of carbonyl (C=O) groups excluding carboxylic acids is 2. The summed E-state index contributed by atoms with van der Waals surface area (Å²) >= 11 is 0. The quantitative estimate of drug-likeness (QED) is 0.481. The van der Waals surface area contributed by atoms with Gasteiger partial charge in [-0.3, -0.25) is 0 Å². The SMILES string of the molecule is CC(C)COC(=O)OC(N)=O. The Morgan fingerprint density at radius 1 is 1.45 bits per heavy atom. The summed E-state index contributed by atoms with van der Waals surface area (Å²) in [6, 6.07) is 0. The first-order valence-electron chi connectivity index (χ1n) is 3.16. The molecule has 0 aromatic carbocycles. The number of hydrogen-bond donors (Lipinski definition) is 1. The molecule has 5 heteroatoms. The number of primary amides is 1. The van der Waals surface area contributed by atoms with E-state index in [2.05, 4.69) is 15.2 Å². The van der Waals surface area contributed by atoms with Crippen LogP contribution in [0.1, 0.15) is 13.8 Å². The van der Waals surface area contributed by atoms with Crippen LogP contribution in [0.2, 0.25) is 0 Å². The van der Waals surface area contributed by atoms with Gasteiger partial charge < -0.3 is 15.2 Å². The van der Waals surface area contributed by atoms with Crippen molar-refractivity contribution in [3.63, 3.8) is 0 Å². The van der Waals surface area contributed by atoms with Gasteiger partial charge in [0.25, 0.3) is 0 Å². The Labute approximate surface area is 64.5 Å². The van der Waals surface area contributed by atoms with Crippen LogP contribution in [0.15, 0.2) is 0 Å². The smallest absolute Gasteiger partial charge is 0.434 e. The van der Waals surface area contributed by atoms with Gasteiger partial charge in [-0.15, -0.1) is 0 Å². The summed E-state index contributed by atoms with van der Waals surface area (Å²) in [5.41, 5.74) is 4.54. The molecule has 0 bridgehead atoms. The monoisotopic (exact) mass is 161 g/mol. The average Bonchev–Trinajstić information content (AvgIpc) is 1.82. The summed E-state index contributed by atoms with van der Waals surface area (Å²) in [6.07, 6.45) is -2.20. The Morgan fingerprint density at radius 3 is 2.36 bits per heavy atom. The minimum Gasteiger partial charge on any atom is -0.434 e. The summed E-state index contributed by atoms with van der Waals surface area (Å²) < 4.78 is 8.33. The number of carbonyl (C=O) groups is 2. The van der Waals surface area contributed by atoms with Crippen LogP contribution < -0.4 is 5.73 Å². The van der Waals surface area contributed by atoms with Gasteiger partial charge in [-0.05, 0) is 5.92 Å². The molecule has 0 aliphatic heterocycles. The molecule has 11 heavy (non-hydrogen) atoms. The second-order valence-corrected chi connectivity index (χ2v) is 2.38. The molecular formula is C6H11NO4. The van der Waals surface area contributed by atoms with Crippen molar-refractivity contribution in [1.29, 1.82) is 0 Å². The van der Waals surface area contributed by atoms with Crippen LogP contribution in [-0.2, 0) is 9.47 Å². The third-order valence-corrected chi connectivity index (χ3v) is 0.718. The van der Waals surface area contributed by atoms with Crippen LogP contribution in [0.3, 0.4) is 0 Å². The molecule has 0 rings (SSSR count). The van der Waals surface area contributed by atoms with Gasteiger partial charge in [-0.1, -0.05) is 13.8 Å². The van der Waals surface area contributed by atoms with E-state index in [4.69, 9.17) is 0 Å². The Bertz CT molecular complexity index is 155. The minimum atomic E-state index is -1.15. The first-order chi connectivity index (χ1) is 5.02. The van der Waals surface area contributed by atoms with Crippen LogP contribution in [0.4, 0.5) is 9.59 Å². The number of rotatable bonds is 2. The molecule has 0 unspecified atom stereocenters. The maximum absolute atomic E-state index is 10.4. The van der Waals surface area contributed by atoms with Crippen molar-refractivity contribution in [1.82, 2.24) is 0 Å². The molecule has 0 saturated carbocycles. The van der Waals surface area contributed by atoms with Crippen LogP contribution in [0.5, 0.6) is 0 Å². The molecule has 0 fully saturated rings. The molecule has 0 aliphatic rings. The summed E-state index contributed by atoms with van der Waals surface area (Å²) in [6.45, 7) is 3.93. The predicted octanol–water partition coefficient (Wildman–Crippen LogP) is 0.874. The van der Waals surface area contributed by atoms with Crippen molar-refractivity contribution >= 4 is 12.2 Å². The molecule has 1 amide bonds. The van der Waals surface area contributed by atoms with Gasteiger partial charge in [-0.2, -0.15) is 0 Å². The molecule has 0 aromatic heterocycles. The van der Waals surface area contributed by atoms with Gasteiger partial charge in [0.15, 0.2) is 0 Å². The van der Waals surface area contributed by atoms with E-state index in [-0.39, 0.29) is 12.5 Å². The first kappa shape index (κ1) is 9.74. The van der Waals surface area contributed by atoms with Crippen LogP contribution in [-0.4, -0.2) is 18.9 Å². The Hall–Kier alpha value is -1.26. The van der Waals surface area contributed by atoms with Gasteiger partial charge in [0.05, 0.1) is 6.61 Å². The molecule has 0 spiro atoms. The lowest BCUT2D eigenvalue weighted by Crippen LogP contribution is -2.20. The number of amides is 1. The third-order valence-electron chi connectivity index (χ3n) is 0.718. The van der Waals surface area contributed by atoms with E-state index >= 15 is 0 Å². The van der Waals surface area contributed by atoms with E-state index in [1.165, 1.54) is 0 Å². The van der Waals surface area contributed by atoms with E-state index in [9.17, 15) is 9.59 Å². The lowest BCUT2D eigenvalue weighted by atomic mass is 10.2. The van der Waals surface area contributed by atoms with Crippen molar-refractivity contribution in [2.24, 2.45) is 11.7 Å². The van der Waals surface area contributed by atoms with E-state index in [1.54, 1.807) is 0 Å². The van der Waals surface area contributed by atoms with Gasteiger partial charge in [-0.25, -0.2) is 9.59 Å². The molecule has 64 valence electrons. The van der Waals surface area contributed by atoms with E-state index in [1.807, 2.05) is 13.8 Å². The summed E-state index contributed by atoms with van der Waals surface area (Å²) in [7, 11) is 0. The molecule has 0 aliphatic carbocycles.